The van der Waals surface area contributed by atoms with Crippen LogP contribution in [0.2, 0.25) is 0 Å². The van der Waals surface area contributed by atoms with Crippen LogP contribution in [0.3, 0.4) is 0 Å². The number of benzene rings is 2. The van der Waals surface area contributed by atoms with Gasteiger partial charge < -0.3 is 10.6 Å². The first kappa shape index (κ1) is 23.2. The standard InChI is InChI=1S/C22H27N3O4S/c1-6-15-25(30(5,28)29)17-13-11-16(12-14-17)20(26)23-19-10-8-7-9-18(19)21(27)24-22(2,3)4/h6-14H,1,15H2,2-5H3,(H,23,26)(H,24,27). The van der Waals surface area contributed by atoms with Crippen LogP contribution in [-0.2, 0) is 10.0 Å². The van der Waals surface area contributed by atoms with Crippen molar-refractivity contribution in [2.24, 2.45) is 0 Å². The Morgan fingerprint density at radius 3 is 2.17 bits per heavy atom. The number of hydrogen-bond acceptors (Lipinski definition) is 4. The van der Waals surface area contributed by atoms with Gasteiger partial charge in [0.05, 0.1) is 29.7 Å². The molecule has 0 radical (unpaired) electrons. The van der Waals surface area contributed by atoms with E-state index >= 15 is 0 Å². The van der Waals surface area contributed by atoms with Crippen molar-refractivity contribution in [3.8, 4) is 0 Å². The Kier molecular flexibility index (Phi) is 7.04. The summed E-state index contributed by atoms with van der Waals surface area (Å²) in [5.74, 6) is -0.700. The Morgan fingerprint density at radius 1 is 1.03 bits per heavy atom. The van der Waals surface area contributed by atoms with Gasteiger partial charge in [-0.3, -0.25) is 13.9 Å². The minimum Gasteiger partial charge on any atom is -0.347 e. The van der Waals surface area contributed by atoms with Crippen molar-refractivity contribution >= 4 is 33.2 Å². The monoisotopic (exact) mass is 429 g/mol. The van der Waals surface area contributed by atoms with Crippen LogP contribution in [0.25, 0.3) is 0 Å². The largest absolute Gasteiger partial charge is 0.347 e. The molecule has 8 heteroatoms. The van der Waals surface area contributed by atoms with Gasteiger partial charge in [-0.25, -0.2) is 8.42 Å². The molecule has 0 bridgehead atoms. The molecule has 2 rings (SSSR count). The number of para-hydroxylation sites is 1. The second-order valence-electron chi connectivity index (χ2n) is 7.83. The number of nitrogens with zero attached hydrogens (tertiary/aromatic N) is 1. The van der Waals surface area contributed by atoms with Gasteiger partial charge in [-0.2, -0.15) is 0 Å². The molecule has 30 heavy (non-hydrogen) atoms. The van der Waals surface area contributed by atoms with Crippen molar-refractivity contribution < 1.29 is 18.0 Å². The summed E-state index contributed by atoms with van der Waals surface area (Å²) in [5.41, 5.74) is 1.08. The van der Waals surface area contributed by atoms with E-state index in [1.807, 2.05) is 20.8 Å². The highest BCUT2D eigenvalue weighted by Gasteiger charge is 2.20. The molecular formula is C22H27N3O4S. The van der Waals surface area contributed by atoms with E-state index in [9.17, 15) is 18.0 Å². The van der Waals surface area contributed by atoms with Crippen LogP contribution in [0.5, 0.6) is 0 Å². The van der Waals surface area contributed by atoms with E-state index in [0.717, 1.165) is 6.26 Å². The Labute approximate surface area is 177 Å². The Morgan fingerprint density at radius 2 is 1.63 bits per heavy atom. The van der Waals surface area contributed by atoms with Crippen LogP contribution in [0, 0.1) is 0 Å². The van der Waals surface area contributed by atoms with E-state index in [1.165, 1.54) is 22.5 Å². The van der Waals surface area contributed by atoms with Gasteiger partial charge in [0, 0.05) is 11.1 Å². The number of hydrogen-bond donors (Lipinski definition) is 2. The Balaban J connectivity index is 2.23. The topological polar surface area (TPSA) is 95.6 Å². The number of rotatable bonds is 7. The maximum absolute atomic E-state index is 12.7. The smallest absolute Gasteiger partial charge is 0.255 e. The molecule has 0 saturated heterocycles. The first-order chi connectivity index (χ1) is 13.9. The van der Waals surface area contributed by atoms with Crippen molar-refractivity contribution in [1.29, 1.82) is 0 Å². The molecular weight excluding hydrogens is 402 g/mol. The second kappa shape index (κ2) is 9.13. The normalized spacial score (nSPS) is 11.5. The van der Waals surface area contributed by atoms with Gasteiger partial charge >= 0.3 is 0 Å². The third-order valence-corrected chi connectivity index (χ3v) is 5.18. The minimum atomic E-state index is -3.47. The Hall–Kier alpha value is -3.13. The lowest BCUT2D eigenvalue weighted by Crippen LogP contribution is -2.40. The molecule has 0 fully saturated rings. The molecule has 160 valence electrons. The predicted molar refractivity (Wildman–Crippen MR) is 120 cm³/mol. The summed E-state index contributed by atoms with van der Waals surface area (Å²) in [4.78, 5) is 25.2. The van der Waals surface area contributed by atoms with Crippen molar-refractivity contribution in [3.63, 3.8) is 0 Å². The summed E-state index contributed by atoms with van der Waals surface area (Å²) in [6.07, 6.45) is 2.60. The summed E-state index contributed by atoms with van der Waals surface area (Å²) < 4.78 is 25.1. The maximum Gasteiger partial charge on any atom is 0.255 e. The molecule has 0 saturated carbocycles. The van der Waals surface area contributed by atoms with E-state index in [-0.39, 0.29) is 12.5 Å². The fraction of sp³-hybridized carbons (Fsp3) is 0.273. The lowest BCUT2D eigenvalue weighted by Gasteiger charge is -2.22. The second-order valence-corrected chi connectivity index (χ2v) is 9.74. The van der Waals surface area contributed by atoms with Gasteiger partial charge in [-0.05, 0) is 57.2 Å². The first-order valence-electron chi connectivity index (χ1n) is 9.34. The average Bonchev–Trinajstić information content (AvgIpc) is 2.64. The van der Waals surface area contributed by atoms with Gasteiger partial charge in [-0.1, -0.05) is 18.2 Å². The summed E-state index contributed by atoms with van der Waals surface area (Å²) in [5, 5.41) is 5.62. The van der Waals surface area contributed by atoms with E-state index in [0.29, 0.717) is 22.5 Å². The molecule has 0 unspecified atom stereocenters. The van der Waals surface area contributed by atoms with Crippen molar-refractivity contribution in [2.45, 2.75) is 26.3 Å². The predicted octanol–water partition coefficient (Wildman–Crippen LogP) is 3.42. The number of amides is 2. The highest BCUT2D eigenvalue weighted by molar-refractivity contribution is 7.92. The van der Waals surface area contributed by atoms with E-state index in [1.54, 1.807) is 36.4 Å². The van der Waals surface area contributed by atoms with Crippen LogP contribution < -0.4 is 14.9 Å². The highest BCUT2D eigenvalue weighted by atomic mass is 32.2. The molecule has 2 N–H and O–H groups in total. The van der Waals surface area contributed by atoms with Gasteiger partial charge in [0.2, 0.25) is 10.0 Å². The number of carbonyl (C=O) groups excluding carboxylic acids is 2. The number of sulfonamides is 1. The van der Waals surface area contributed by atoms with Crippen molar-refractivity contribution in [2.75, 3.05) is 22.4 Å². The molecule has 0 aliphatic carbocycles. The lowest BCUT2D eigenvalue weighted by atomic mass is 10.1. The number of nitrogens with one attached hydrogen (secondary N) is 2. The molecule has 0 aliphatic heterocycles. The van der Waals surface area contributed by atoms with Crippen molar-refractivity contribution in [1.82, 2.24) is 5.32 Å². The maximum atomic E-state index is 12.7. The Bertz CT molecular complexity index is 1040. The van der Waals surface area contributed by atoms with Gasteiger partial charge in [0.25, 0.3) is 11.8 Å². The average molecular weight is 430 g/mol. The molecule has 0 heterocycles. The fourth-order valence-electron chi connectivity index (χ4n) is 2.72. The van der Waals surface area contributed by atoms with Crippen molar-refractivity contribution in [3.05, 3.63) is 72.3 Å². The van der Waals surface area contributed by atoms with Gasteiger partial charge in [-0.15, -0.1) is 6.58 Å². The molecule has 7 nitrogen and oxygen atoms in total. The van der Waals surface area contributed by atoms with E-state index in [4.69, 9.17) is 0 Å². The molecule has 0 atom stereocenters. The lowest BCUT2D eigenvalue weighted by molar-refractivity contribution is 0.0920. The third-order valence-electron chi connectivity index (χ3n) is 4.02. The van der Waals surface area contributed by atoms with Crippen LogP contribution >= 0.6 is 0 Å². The fourth-order valence-corrected chi connectivity index (χ4v) is 3.60. The zero-order valence-corrected chi connectivity index (χ0v) is 18.4. The van der Waals surface area contributed by atoms with Crippen LogP contribution in [0.15, 0.2) is 61.2 Å². The molecule has 0 aliphatic rings. The van der Waals surface area contributed by atoms with Crippen LogP contribution in [0.1, 0.15) is 41.5 Å². The zero-order chi connectivity index (χ0) is 22.5. The summed E-state index contributed by atoms with van der Waals surface area (Å²) >= 11 is 0. The summed E-state index contributed by atoms with van der Waals surface area (Å²) in [7, 11) is -3.47. The molecule has 2 aromatic rings. The summed E-state index contributed by atoms with van der Waals surface area (Å²) in [6.45, 7) is 9.32. The number of carbonyl (C=O) groups is 2. The number of anilines is 2. The van der Waals surface area contributed by atoms with Crippen LogP contribution in [-0.4, -0.2) is 38.6 Å². The third kappa shape index (κ3) is 6.18. The quantitative estimate of drug-likeness (QED) is 0.659. The van der Waals surface area contributed by atoms with Gasteiger partial charge in [0.1, 0.15) is 0 Å². The first-order valence-corrected chi connectivity index (χ1v) is 11.2. The minimum absolute atomic E-state index is 0.126. The van der Waals surface area contributed by atoms with Gasteiger partial charge in [0.15, 0.2) is 0 Å². The molecule has 0 aromatic heterocycles. The summed E-state index contributed by atoms with van der Waals surface area (Å²) in [6, 6.07) is 12.9. The van der Waals surface area contributed by atoms with E-state index in [2.05, 4.69) is 17.2 Å². The van der Waals surface area contributed by atoms with Crippen LogP contribution in [0.4, 0.5) is 11.4 Å². The van der Waals surface area contributed by atoms with E-state index < -0.39 is 21.5 Å². The molecule has 0 spiro atoms. The molecule has 2 amide bonds. The highest BCUT2D eigenvalue weighted by Crippen LogP contribution is 2.21. The SMILES string of the molecule is C=CCN(c1ccc(C(=O)Nc2ccccc2C(=O)NC(C)(C)C)cc1)S(C)(=O)=O. The molecule has 2 aromatic carbocycles. The zero-order valence-electron chi connectivity index (χ0n) is 17.6.